The van der Waals surface area contributed by atoms with Crippen molar-refractivity contribution in [1.82, 2.24) is 14.5 Å². The number of anilines is 1. The number of hydrogen-bond acceptors (Lipinski definition) is 8. The smallest absolute Gasteiger partial charge is 0.351 e. The van der Waals surface area contributed by atoms with E-state index < -0.39 is 48.5 Å². The number of aromatic amines is 1. The number of H-pyrrole nitrogens is 1. The number of para-hydroxylation sites is 1. The summed E-state index contributed by atoms with van der Waals surface area (Å²) in [7, 11) is 0. The molecule has 0 amide bonds. The maximum Gasteiger partial charge on any atom is 0.351 e. The molecule has 1 saturated heterocycles. The van der Waals surface area contributed by atoms with Crippen LogP contribution in [-0.2, 0) is 16.0 Å². The number of aliphatic hydroxyl groups excluding tert-OH is 2. The van der Waals surface area contributed by atoms with E-state index in [-0.39, 0.29) is 12.2 Å². The zero-order valence-electron chi connectivity index (χ0n) is 17.4. The molecule has 0 aliphatic carbocycles. The highest BCUT2D eigenvalue weighted by molar-refractivity contribution is 5.81. The Hall–Kier alpha value is -3.97. The van der Waals surface area contributed by atoms with Crippen LogP contribution in [0.25, 0.3) is 21.3 Å². The summed E-state index contributed by atoms with van der Waals surface area (Å²) in [5, 5.41) is 35.8. The Bertz CT molecular complexity index is 1290. The minimum Gasteiger partial charge on any atom is -0.480 e. The summed E-state index contributed by atoms with van der Waals surface area (Å²) >= 11 is 0. The summed E-state index contributed by atoms with van der Waals surface area (Å²) in [5.74, 6) is -1.26. The Labute approximate surface area is 190 Å². The van der Waals surface area contributed by atoms with Crippen molar-refractivity contribution in [2.45, 2.75) is 36.7 Å². The molecule has 0 saturated carbocycles. The monoisotopic (exact) mass is 473 g/mol. The van der Waals surface area contributed by atoms with Gasteiger partial charge in [0.05, 0.1) is 6.61 Å². The third-order valence-corrected chi connectivity index (χ3v) is 5.54. The van der Waals surface area contributed by atoms with Crippen LogP contribution in [0.3, 0.4) is 0 Å². The Morgan fingerprint density at radius 3 is 2.85 bits per heavy atom. The lowest BCUT2D eigenvalue weighted by molar-refractivity contribution is -0.137. The molecule has 13 nitrogen and oxygen atoms in total. The molecular weight excluding hydrogens is 453 g/mol. The summed E-state index contributed by atoms with van der Waals surface area (Å²) in [6.45, 7) is -1.02. The number of hydrogen-bond donors (Lipinski definition) is 5. The van der Waals surface area contributed by atoms with Gasteiger partial charge in [-0.05, 0) is 29.1 Å². The maximum atomic E-state index is 14.6. The summed E-state index contributed by atoms with van der Waals surface area (Å²) in [6, 6.07) is 9.36. The fourth-order valence-corrected chi connectivity index (χ4v) is 3.81. The first-order chi connectivity index (χ1) is 16.3. The van der Waals surface area contributed by atoms with Gasteiger partial charge in [-0.2, -0.15) is 4.98 Å². The van der Waals surface area contributed by atoms with E-state index in [0.29, 0.717) is 10.3 Å². The molecule has 178 valence electrons. The molecule has 1 aromatic carbocycles. The second-order valence-corrected chi connectivity index (χ2v) is 7.71. The number of azide groups is 1. The molecule has 14 heteroatoms. The van der Waals surface area contributed by atoms with Crippen molar-refractivity contribution >= 4 is 22.7 Å². The van der Waals surface area contributed by atoms with Crippen LogP contribution in [0.5, 0.6) is 0 Å². The second kappa shape index (κ2) is 9.11. The van der Waals surface area contributed by atoms with Gasteiger partial charge in [0.25, 0.3) is 0 Å². The van der Waals surface area contributed by atoms with Crippen molar-refractivity contribution < 1.29 is 29.2 Å². The second-order valence-electron chi connectivity index (χ2n) is 7.71. The van der Waals surface area contributed by atoms with Gasteiger partial charge in [0.15, 0.2) is 12.4 Å². The van der Waals surface area contributed by atoms with Gasteiger partial charge < -0.3 is 30.4 Å². The predicted octanol–water partition coefficient (Wildman–Crippen LogP) is 1.06. The van der Waals surface area contributed by atoms with Crippen molar-refractivity contribution in [1.29, 1.82) is 0 Å². The molecule has 0 spiro atoms. The Balaban J connectivity index is 1.54. The van der Waals surface area contributed by atoms with E-state index >= 15 is 0 Å². The highest BCUT2D eigenvalue weighted by Crippen LogP contribution is 2.39. The molecule has 3 aromatic rings. The van der Waals surface area contributed by atoms with Gasteiger partial charge in [0.1, 0.15) is 18.0 Å². The molecule has 2 aromatic heterocycles. The molecule has 1 aliphatic rings. The number of halogens is 1. The highest BCUT2D eigenvalue weighted by atomic mass is 19.1. The molecule has 0 radical (unpaired) electrons. The van der Waals surface area contributed by atoms with E-state index in [9.17, 15) is 29.3 Å². The van der Waals surface area contributed by atoms with Crippen molar-refractivity contribution in [2.24, 2.45) is 5.11 Å². The van der Waals surface area contributed by atoms with Gasteiger partial charge in [0, 0.05) is 28.7 Å². The third kappa shape index (κ3) is 4.18. The molecule has 34 heavy (non-hydrogen) atoms. The van der Waals surface area contributed by atoms with E-state index in [1.807, 2.05) is 30.3 Å². The van der Waals surface area contributed by atoms with Crippen LogP contribution in [0.1, 0.15) is 11.9 Å². The number of aromatic nitrogens is 3. The molecule has 4 rings (SSSR count). The maximum absolute atomic E-state index is 14.6. The zero-order valence-corrected chi connectivity index (χ0v) is 17.4. The summed E-state index contributed by atoms with van der Waals surface area (Å²) in [5.41, 5.74) is 6.83. The third-order valence-electron chi connectivity index (χ3n) is 5.54. The number of rotatable bonds is 8. The number of aliphatic carboxylic acids is 1. The van der Waals surface area contributed by atoms with Crippen molar-refractivity contribution in [3.8, 4) is 0 Å². The Kier molecular flexibility index (Phi) is 6.22. The van der Waals surface area contributed by atoms with Crippen LogP contribution in [0, 0.1) is 0 Å². The first-order valence-corrected chi connectivity index (χ1v) is 10.1. The number of nitrogens with zero attached hydrogens (tertiary/aromatic N) is 5. The Morgan fingerprint density at radius 1 is 1.44 bits per heavy atom. The van der Waals surface area contributed by atoms with Gasteiger partial charge >= 0.3 is 11.7 Å². The van der Waals surface area contributed by atoms with Gasteiger partial charge in [-0.1, -0.05) is 23.3 Å². The fourth-order valence-electron chi connectivity index (χ4n) is 3.81. The zero-order chi connectivity index (χ0) is 24.5. The standard InChI is InChI=1S/C20H20FN7O6/c21-15-16(30)20(9-29,26-27-22)34-17(15)28-6-5-14(25-19(28)33)24-13(18(31)32)8-11-7-10-3-1-2-4-12(10)23-11/h1-7,13,15-17,23,29-30H,8-9H2,(H,31,32)(H,24,25,33)/t13-,15+,16?,17?,20-/m1/s1. The molecule has 1 aliphatic heterocycles. The van der Waals surface area contributed by atoms with E-state index in [1.165, 1.54) is 6.07 Å². The van der Waals surface area contributed by atoms with Gasteiger partial charge in [-0.25, -0.2) is 14.0 Å². The van der Waals surface area contributed by atoms with Crippen LogP contribution >= 0.6 is 0 Å². The van der Waals surface area contributed by atoms with Gasteiger partial charge in [0.2, 0.25) is 5.72 Å². The van der Waals surface area contributed by atoms with Crippen molar-refractivity contribution in [3.05, 3.63) is 69.2 Å². The average molecular weight is 473 g/mol. The van der Waals surface area contributed by atoms with Crippen LogP contribution in [0.2, 0.25) is 0 Å². The minimum atomic E-state index is -2.30. The first-order valence-electron chi connectivity index (χ1n) is 10.1. The molecular formula is C20H20FN7O6. The number of carboxylic acid groups (broad SMARTS) is 1. The minimum absolute atomic E-state index is 0.0600. The highest BCUT2D eigenvalue weighted by Gasteiger charge is 2.56. The molecule has 5 N–H and O–H groups in total. The van der Waals surface area contributed by atoms with Gasteiger partial charge in [-0.3, -0.25) is 4.57 Å². The summed E-state index contributed by atoms with van der Waals surface area (Å²) in [4.78, 5) is 33.6. The number of aliphatic hydroxyl groups is 2. The van der Waals surface area contributed by atoms with E-state index in [1.54, 1.807) is 0 Å². The SMILES string of the molecule is [N-]=[N+]=N[C@]1(CO)OC(n2ccc(N[C@H](Cc3cc4ccccc4[nH]3)C(=O)O)nc2=O)[C@@H](F)C1O. The molecule has 5 atom stereocenters. The average Bonchev–Trinajstić information content (AvgIpc) is 3.33. The number of ether oxygens (including phenoxy) is 1. The number of benzene rings is 1. The number of carbonyl (C=O) groups is 1. The Morgan fingerprint density at radius 2 is 2.21 bits per heavy atom. The summed E-state index contributed by atoms with van der Waals surface area (Å²) < 4.78 is 20.6. The lowest BCUT2D eigenvalue weighted by atomic mass is 10.1. The van der Waals surface area contributed by atoms with Crippen LogP contribution in [-0.4, -0.2) is 66.5 Å². The number of fused-ring (bicyclic) bond motifs is 1. The molecule has 2 unspecified atom stereocenters. The van der Waals surface area contributed by atoms with E-state index in [2.05, 4.69) is 25.3 Å². The lowest BCUT2D eigenvalue weighted by Gasteiger charge is -2.23. The normalized spacial score (nSPS) is 25.1. The largest absolute Gasteiger partial charge is 0.480 e. The van der Waals surface area contributed by atoms with Crippen LogP contribution in [0.4, 0.5) is 10.2 Å². The predicted molar refractivity (Wildman–Crippen MR) is 116 cm³/mol. The quantitative estimate of drug-likeness (QED) is 0.182. The van der Waals surface area contributed by atoms with Crippen LogP contribution in [0.15, 0.2) is 52.5 Å². The molecule has 3 heterocycles. The molecule has 1 fully saturated rings. The topological polar surface area (TPSA) is 198 Å². The lowest BCUT2D eigenvalue weighted by Crippen LogP contribution is -2.43. The van der Waals surface area contributed by atoms with Crippen molar-refractivity contribution in [3.63, 3.8) is 0 Å². The van der Waals surface area contributed by atoms with Crippen LogP contribution < -0.4 is 11.0 Å². The molecule has 0 bridgehead atoms. The number of nitrogens with one attached hydrogen (secondary N) is 2. The summed E-state index contributed by atoms with van der Waals surface area (Å²) in [6.07, 6.45) is -4.83. The van der Waals surface area contributed by atoms with E-state index in [4.69, 9.17) is 10.3 Å². The van der Waals surface area contributed by atoms with Crippen molar-refractivity contribution in [2.75, 3.05) is 11.9 Å². The number of alkyl halides is 1. The van der Waals surface area contributed by atoms with E-state index in [0.717, 1.165) is 17.1 Å². The number of carboxylic acids is 1. The van der Waals surface area contributed by atoms with Gasteiger partial charge in [-0.15, -0.1) is 0 Å². The fraction of sp³-hybridized carbons (Fsp3) is 0.350. The first kappa shape index (κ1) is 23.2.